The van der Waals surface area contributed by atoms with Crippen molar-refractivity contribution in [3.05, 3.63) is 35.9 Å². The van der Waals surface area contributed by atoms with E-state index in [0.717, 1.165) is 12.3 Å². The van der Waals surface area contributed by atoms with Gasteiger partial charge in [0.15, 0.2) is 6.04 Å². The molecule has 2 aliphatic rings. The molecule has 0 aromatic heterocycles. The van der Waals surface area contributed by atoms with E-state index < -0.39 is 12.0 Å². The fraction of sp³-hybridized carbons (Fsp3) is 0.467. The zero-order valence-corrected chi connectivity index (χ0v) is 10.6. The highest BCUT2D eigenvalue weighted by Gasteiger charge is 2.51. The molecule has 1 aromatic carbocycles. The van der Waals surface area contributed by atoms with Crippen molar-refractivity contribution in [1.29, 1.82) is 0 Å². The van der Waals surface area contributed by atoms with Gasteiger partial charge in [-0.15, -0.1) is 0 Å². The van der Waals surface area contributed by atoms with E-state index in [1.165, 1.54) is 12.8 Å². The Hall–Kier alpha value is -1.84. The molecule has 19 heavy (non-hydrogen) atoms. The van der Waals surface area contributed by atoms with Crippen molar-refractivity contribution in [1.82, 2.24) is 5.32 Å². The van der Waals surface area contributed by atoms with Crippen LogP contribution < -0.4 is 5.32 Å². The lowest BCUT2D eigenvalue weighted by Crippen LogP contribution is -2.35. The maximum absolute atomic E-state index is 12.1. The molecular formula is C15H17NO3. The molecule has 4 heteroatoms. The molecule has 0 bridgehead atoms. The Kier molecular flexibility index (Phi) is 3.01. The zero-order chi connectivity index (χ0) is 13.4. The average molecular weight is 259 g/mol. The monoisotopic (exact) mass is 259 g/mol. The maximum Gasteiger partial charge on any atom is 0.330 e. The lowest BCUT2D eigenvalue weighted by atomic mass is 10.1. The summed E-state index contributed by atoms with van der Waals surface area (Å²) in [5.41, 5.74) is 0.618. The summed E-state index contributed by atoms with van der Waals surface area (Å²) in [6, 6.07) is 7.90. The molecule has 100 valence electrons. The fourth-order valence-electron chi connectivity index (χ4n) is 2.74. The number of hydrogen-bond donors (Lipinski definition) is 2. The van der Waals surface area contributed by atoms with E-state index in [9.17, 15) is 14.7 Å². The summed E-state index contributed by atoms with van der Waals surface area (Å²) in [5.74, 6) is 0.148. The van der Waals surface area contributed by atoms with Crippen LogP contribution in [0.1, 0.15) is 30.9 Å². The van der Waals surface area contributed by atoms with Gasteiger partial charge in [-0.2, -0.15) is 0 Å². The minimum atomic E-state index is -1.01. The highest BCUT2D eigenvalue weighted by atomic mass is 16.4. The number of benzene rings is 1. The van der Waals surface area contributed by atoms with E-state index >= 15 is 0 Å². The molecule has 0 unspecified atom stereocenters. The normalized spacial score (nSPS) is 26.5. The van der Waals surface area contributed by atoms with Gasteiger partial charge in [0.1, 0.15) is 0 Å². The number of aliphatic carboxylic acids is 1. The summed E-state index contributed by atoms with van der Waals surface area (Å²) < 4.78 is 0. The molecule has 0 aliphatic heterocycles. The predicted molar refractivity (Wildman–Crippen MR) is 69.3 cm³/mol. The van der Waals surface area contributed by atoms with Gasteiger partial charge < -0.3 is 10.4 Å². The first-order chi connectivity index (χ1) is 9.16. The Morgan fingerprint density at radius 2 is 1.89 bits per heavy atom. The predicted octanol–water partition coefficient (Wildman–Crippen LogP) is 1.97. The number of nitrogens with one attached hydrogen (secondary N) is 1. The van der Waals surface area contributed by atoms with Gasteiger partial charge in [0.2, 0.25) is 5.91 Å². The number of rotatable bonds is 5. The van der Waals surface area contributed by atoms with Gasteiger partial charge in [0, 0.05) is 5.92 Å². The molecular weight excluding hydrogens is 242 g/mol. The van der Waals surface area contributed by atoms with Crippen LogP contribution in [0.15, 0.2) is 30.3 Å². The highest BCUT2D eigenvalue weighted by Crippen LogP contribution is 2.54. The molecule has 0 spiro atoms. The van der Waals surface area contributed by atoms with Crippen LogP contribution in [-0.2, 0) is 9.59 Å². The summed E-state index contributed by atoms with van der Waals surface area (Å²) in [7, 11) is 0. The standard InChI is InChI=1S/C15H17NO3/c17-14(12-8-11(12)9-6-7-9)16-13(15(18)19)10-4-2-1-3-5-10/h1-5,9,11-13H,6-8H2,(H,16,17)(H,18,19)/t11-,12+,13+/m1/s1. The van der Waals surface area contributed by atoms with Crippen LogP contribution in [0, 0.1) is 17.8 Å². The Labute approximate surface area is 111 Å². The molecule has 1 aromatic rings. The molecule has 2 N–H and O–H groups in total. The lowest BCUT2D eigenvalue weighted by molar-refractivity contribution is -0.142. The quantitative estimate of drug-likeness (QED) is 0.849. The molecule has 2 aliphatic carbocycles. The zero-order valence-electron chi connectivity index (χ0n) is 10.6. The largest absolute Gasteiger partial charge is 0.479 e. The van der Waals surface area contributed by atoms with Crippen LogP contribution in [0.2, 0.25) is 0 Å². The smallest absolute Gasteiger partial charge is 0.330 e. The van der Waals surface area contributed by atoms with Crippen LogP contribution in [0.25, 0.3) is 0 Å². The molecule has 0 heterocycles. The summed E-state index contributed by atoms with van der Waals surface area (Å²) >= 11 is 0. The van der Waals surface area contributed by atoms with Crippen LogP contribution in [-0.4, -0.2) is 17.0 Å². The van der Waals surface area contributed by atoms with Gasteiger partial charge in [-0.05, 0) is 36.7 Å². The summed E-state index contributed by atoms with van der Waals surface area (Å²) in [6.45, 7) is 0. The van der Waals surface area contributed by atoms with Crippen molar-refractivity contribution >= 4 is 11.9 Å². The SMILES string of the molecule is O=C(O)[C@@H](NC(=O)[C@H]1C[C@@H]1C1CC1)c1ccccc1. The average Bonchev–Trinajstić information content (AvgIpc) is 3.28. The Morgan fingerprint density at radius 1 is 1.21 bits per heavy atom. The molecule has 2 fully saturated rings. The van der Waals surface area contributed by atoms with Crippen molar-refractivity contribution in [3.8, 4) is 0 Å². The van der Waals surface area contributed by atoms with E-state index in [-0.39, 0.29) is 11.8 Å². The van der Waals surface area contributed by atoms with Crippen LogP contribution >= 0.6 is 0 Å². The molecule has 0 radical (unpaired) electrons. The molecule has 2 saturated carbocycles. The lowest BCUT2D eigenvalue weighted by Gasteiger charge is -2.14. The Morgan fingerprint density at radius 3 is 2.47 bits per heavy atom. The number of carboxylic acid groups (broad SMARTS) is 1. The van der Waals surface area contributed by atoms with Crippen molar-refractivity contribution in [2.45, 2.75) is 25.3 Å². The van der Waals surface area contributed by atoms with E-state index in [0.29, 0.717) is 11.5 Å². The van der Waals surface area contributed by atoms with Gasteiger partial charge >= 0.3 is 5.97 Å². The Balaban J connectivity index is 1.65. The van der Waals surface area contributed by atoms with Gasteiger partial charge in [0.05, 0.1) is 0 Å². The first-order valence-corrected chi connectivity index (χ1v) is 6.75. The Bertz CT molecular complexity index is 495. The first kappa shape index (κ1) is 12.2. The summed E-state index contributed by atoms with van der Waals surface area (Å²) in [5, 5.41) is 11.9. The third-order valence-electron chi connectivity index (χ3n) is 4.07. The third-order valence-corrected chi connectivity index (χ3v) is 4.07. The maximum atomic E-state index is 12.1. The van der Waals surface area contributed by atoms with E-state index in [1.807, 2.05) is 6.07 Å². The van der Waals surface area contributed by atoms with Crippen molar-refractivity contribution in [3.63, 3.8) is 0 Å². The van der Waals surface area contributed by atoms with E-state index in [2.05, 4.69) is 5.32 Å². The van der Waals surface area contributed by atoms with Crippen LogP contribution in [0.5, 0.6) is 0 Å². The molecule has 3 atom stereocenters. The number of carbonyl (C=O) groups excluding carboxylic acids is 1. The summed E-state index contributed by atoms with van der Waals surface area (Å²) in [6.07, 6.45) is 3.39. The second-order valence-electron chi connectivity index (χ2n) is 5.53. The number of carbonyl (C=O) groups is 2. The van der Waals surface area contributed by atoms with E-state index in [4.69, 9.17) is 0 Å². The number of amides is 1. The molecule has 1 amide bonds. The molecule has 4 nitrogen and oxygen atoms in total. The van der Waals surface area contributed by atoms with E-state index in [1.54, 1.807) is 24.3 Å². The van der Waals surface area contributed by atoms with Gasteiger partial charge in [-0.25, -0.2) is 4.79 Å². The fourth-order valence-corrected chi connectivity index (χ4v) is 2.74. The third kappa shape index (κ3) is 2.62. The van der Waals surface area contributed by atoms with Crippen LogP contribution in [0.3, 0.4) is 0 Å². The highest BCUT2D eigenvalue weighted by molar-refractivity contribution is 5.87. The molecule has 0 saturated heterocycles. The second kappa shape index (κ2) is 4.68. The van der Waals surface area contributed by atoms with Crippen molar-refractivity contribution < 1.29 is 14.7 Å². The summed E-state index contributed by atoms with van der Waals surface area (Å²) in [4.78, 5) is 23.4. The van der Waals surface area contributed by atoms with Crippen molar-refractivity contribution in [2.75, 3.05) is 0 Å². The van der Waals surface area contributed by atoms with Gasteiger partial charge in [-0.1, -0.05) is 30.3 Å². The first-order valence-electron chi connectivity index (χ1n) is 6.75. The van der Waals surface area contributed by atoms with Crippen molar-refractivity contribution in [2.24, 2.45) is 17.8 Å². The number of carboxylic acids is 1. The minimum Gasteiger partial charge on any atom is -0.479 e. The van der Waals surface area contributed by atoms with Gasteiger partial charge in [-0.3, -0.25) is 4.79 Å². The second-order valence-corrected chi connectivity index (χ2v) is 5.53. The van der Waals surface area contributed by atoms with Gasteiger partial charge in [0.25, 0.3) is 0 Å². The molecule has 3 rings (SSSR count). The number of hydrogen-bond acceptors (Lipinski definition) is 2. The minimum absolute atomic E-state index is 0.0399. The van der Waals surface area contributed by atoms with Crippen LogP contribution in [0.4, 0.5) is 0 Å². The topological polar surface area (TPSA) is 66.4 Å².